The van der Waals surface area contributed by atoms with Crippen molar-refractivity contribution in [1.29, 1.82) is 0 Å². The summed E-state index contributed by atoms with van der Waals surface area (Å²) in [6, 6.07) is -0.774. The molecule has 1 rings (SSSR count). The van der Waals surface area contributed by atoms with Crippen LogP contribution in [0.25, 0.3) is 0 Å². The van der Waals surface area contributed by atoms with Crippen LogP contribution in [0, 0.1) is 0 Å². The maximum atomic E-state index is 13.1. The molecule has 0 unspecified atom stereocenters. The Balaban J connectivity index is 2.26. The van der Waals surface area contributed by atoms with Crippen molar-refractivity contribution in [2.45, 2.75) is 294 Å². The van der Waals surface area contributed by atoms with Gasteiger partial charge in [-0.2, -0.15) is 0 Å². The highest BCUT2D eigenvalue weighted by atomic mass is 16.5. The minimum Gasteiger partial charge on any atom is -0.394 e. The van der Waals surface area contributed by atoms with Gasteiger partial charge >= 0.3 is 0 Å². The van der Waals surface area contributed by atoms with E-state index in [-0.39, 0.29) is 18.7 Å². The van der Waals surface area contributed by atoms with Crippen molar-refractivity contribution in [3.05, 3.63) is 0 Å². The van der Waals surface area contributed by atoms with Gasteiger partial charge < -0.3 is 45.4 Å². The van der Waals surface area contributed by atoms with Crippen LogP contribution in [0.1, 0.15) is 245 Å². The van der Waals surface area contributed by atoms with Crippen molar-refractivity contribution < 1.29 is 44.9 Å². The number of carbonyl (C=O) groups is 1. The monoisotopic (exact) mass is 858 g/mol. The molecule has 0 aromatic carbocycles. The highest BCUT2D eigenvalue weighted by molar-refractivity contribution is 5.76. The van der Waals surface area contributed by atoms with Crippen molar-refractivity contribution in [2.24, 2.45) is 0 Å². The largest absolute Gasteiger partial charge is 0.394 e. The number of carbonyl (C=O) groups excluding carboxylic acids is 1. The Labute approximate surface area is 368 Å². The third-order valence-corrected chi connectivity index (χ3v) is 12.8. The van der Waals surface area contributed by atoms with Gasteiger partial charge in [0.25, 0.3) is 0 Å². The second-order valence-corrected chi connectivity index (χ2v) is 18.4. The van der Waals surface area contributed by atoms with Gasteiger partial charge in [-0.1, -0.05) is 200 Å². The van der Waals surface area contributed by atoms with Gasteiger partial charge in [0.2, 0.25) is 5.91 Å². The van der Waals surface area contributed by atoms with Crippen LogP contribution in [0.3, 0.4) is 0 Å². The molecule has 1 heterocycles. The molecule has 1 fully saturated rings. The van der Waals surface area contributed by atoms with Gasteiger partial charge in [-0.15, -0.1) is 0 Å². The average Bonchev–Trinajstić information content (AvgIpc) is 3.25. The summed E-state index contributed by atoms with van der Waals surface area (Å²) in [5.74, 6) is -0.189. The fourth-order valence-corrected chi connectivity index (χ4v) is 8.70. The SMILES string of the molecule is CCCCCCCCCCCCCCCOCCCCCCCCCC(=O)N[C@@H](CC[C@@H]1O[C@H](CO)[C@H](O)[C@H](O)[C@H]1O)[C@H](O)[C@H](O)CCCCCCCCCCCCCC. The number of amides is 1. The number of aliphatic hydroxyl groups excluding tert-OH is 6. The third-order valence-electron chi connectivity index (χ3n) is 12.8. The van der Waals surface area contributed by atoms with Crippen molar-refractivity contribution in [3.63, 3.8) is 0 Å². The summed E-state index contributed by atoms with van der Waals surface area (Å²) < 4.78 is 11.6. The Kier molecular flexibility index (Phi) is 39.0. The number of ether oxygens (including phenoxy) is 2. The van der Waals surface area contributed by atoms with Gasteiger partial charge in [0, 0.05) is 19.6 Å². The number of aliphatic hydroxyl groups is 6. The van der Waals surface area contributed by atoms with E-state index >= 15 is 0 Å². The Bertz CT molecular complexity index is 926. The van der Waals surface area contributed by atoms with Crippen LogP contribution < -0.4 is 5.32 Å². The Morgan fingerprint density at radius 3 is 1.33 bits per heavy atom. The van der Waals surface area contributed by atoms with Crippen LogP contribution in [0.2, 0.25) is 0 Å². The predicted octanol–water partition coefficient (Wildman–Crippen LogP) is 10.1. The molecule has 0 bridgehead atoms. The van der Waals surface area contributed by atoms with Crippen LogP contribution in [0.5, 0.6) is 0 Å². The van der Waals surface area contributed by atoms with Crippen LogP contribution in [0.15, 0.2) is 0 Å². The number of hydrogen-bond acceptors (Lipinski definition) is 9. The van der Waals surface area contributed by atoms with Gasteiger partial charge in [-0.3, -0.25) is 4.79 Å². The van der Waals surface area contributed by atoms with Gasteiger partial charge in [-0.05, 0) is 38.5 Å². The molecular formula is C50H99NO9. The maximum Gasteiger partial charge on any atom is 0.220 e. The topological polar surface area (TPSA) is 169 Å². The van der Waals surface area contributed by atoms with Gasteiger partial charge in [0.15, 0.2) is 0 Å². The summed E-state index contributed by atoms with van der Waals surface area (Å²) in [7, 11) is 0. The molecule has 0 radical (unpaired) electrons. The first kappa shape index (κ1) is 57.2. The standard InChI is InChI=1S/C50H99NO9/c1-3-5-7-9-11-13-15-17-19-21-25-29-33-39-59-40-34-30-26-22-24-28-32-36-46(54)51-42(37-38-44-48(56)50(58)49(57)45(41-52)60-44)47(55)43(53)35-31-27-23-20-18-16-14-12-10-8-6-4-2/h42-45,47-50,52-53,55-58H,3-41H2,1-2H3,(H,51,54)/t42-,43+,44-,45+,47-,48-,49-,50+/m0/s1. The van der Waals surface area contributed by atoms with Crippen LogP contribution >= 0.6 is 0 Å². The zero-order valence-electron chi connectivity index (χ0n) is 39.1. The van der Waals surface area contributed by atoms with Crippen molar-refractivity contribution in [3.8, 4) is 0 Å². The first-order valence-corrected chi connectivity index (χ1v) is 25.8. The zero-order chi connectivity index (χ0) is 43.9. The van der Waals surface area contributed by atoms with E-state index in [9.17, 15) is 35.4 Å². The smallest absolute Gasteiger partial charge is 0.220 e. The van der Waals surface area contributed by atoms with Crippen molar-refractivity contribution >= 4 is 5.91 Å². The third kappa shape index (κ3) is 30.3. The molecule has 7 N–H and O–H groups in total. The molecule has 358 valence electrons. The zero-order valence-corrected chi connectivity index (χ0v) is 39.1. The molecule has 0 saturated carbocycles. The second-order valence-electron chi connectivity index (χ2n) is 18.4. The van der Waals surface area contributed by atoms with E-state index in [4.69, 9.17) is 9.47 Å². The van der Waals surface area contributed by atoms with Gasteiger partial charge in [0.05, 0.1) is 31.0 Å². The van der Waals surface area contributed by atoms with E-state index in [1.54, 1.807) is 0 Å². The van der Waals surface area contributed by atoms with Crippen molar-refractivity contribution in [1.82, 2.24) is 5.32 Å². The molecule has 1 saturated heterocycles. The summed E-state index contributed by atoms with van der Waals surface area (Å²) in [4.78, 5) is 13.1. The number of hydrogen-bond donors (Lipinski definition) is 7. The molecule has 10 nitrogen and oxygen atoms in total. The molecule has 1 aliphatic heterocycles. The second kappa shape index (κ2) is 40.9. The lowest BCUT2D eigenvalue weighted by molar-refractivity contribution is -0.231. The average molecular weight is 858 g/mol. The van der Waals surface area contributed by atoms with Crippen LogP contribution in [-0.4, -0.2) is 105 Å². The normalized spacial score (nSPS) is 21.0. The minimum absolute atomic E-state index is 0.152. The van der Waals surface area contributed by atoms with E-state index < -0.39 is 55.4 Å². The summed E-state index contributed by atoms with van der Waals surface area (Å²) in [5, 5.41) is 65.8. The van der Waals surface area contributed by atoms with Gasteiger partial charge in [-0.25, -0.2) is 0 Å². The first-order chi connectivity index (χ1) is 29.3. The van der Waals surface area contributed by atoms with E-state index in [0.717, 1.165) is 77.4 Å². The fourth-order valence-electron chi connectivity index (χ4n) is 8.70. The summed E-state index contributed by atoms with van der Waals surface area (Å²) in [5.41, 5.74) is 0. The summed E-state index contributed by atoms with van der Waals surface area (Å²) in [6.07, 6.45) is 32.2. The molecule has 1 aliphatic rings. The molecule has 0 aromatic rings. The van der Waals surface area contributed by atoms with Gasteiger partial charge in [0.1, 0.15) is 24.4 Å². The van der Waals surface area contributed by atoms with E-state index in [1.165, 1.54) is 141 Å². The molecule has 10 heteroatoms. The summed E-state index contributed by atoms with van der Waals surface area (Å²) >= 11 is 0. The van der Waals surface area contributed by atoms with E-state index in [0.29, 0.717) is 12.8 Å². The lowest BCUT2D eigenvalue weighted by atomic mass is 9.90. The minimum atomic E-state index is -1.48. The molecule has 0 spiro atoms. The molecule has 0 aromatic heterocycles. The summed E-state index contributed by atoms with van der Waals surface area (Å²) in [6.45, 7) is 5.72. The number of unbranched alkanes of at least 4 members (excludes halogenated alkanes) is 29. The Morgan fingerprint density at radius 2 is 0.900 bits per heavy atom. The van der Waals surface area contributed by atoms with E-state index in [2.05, 4.69) is 19.2 Å². The molecular weight excluding hydrogens is 759 g/mol. The maximum absolute atomic E-state index is 13.1. The molecule has 1 amide bonds. The first-order valence-electron chi connectivity index (χ1n) is 25.8. The fraction of sp³-hybridized carbons (Fsp3) is 0.980. The van der Waals surface area contributed by atoms with Crippen molar-refractivity contribution in [2.75, 3.05) is 19.8 Å². The van der Waals surface area contributed by atoms with E-state index in [1.807, 2.05) is 0 Å². The molecule has 8 atom stereocenters. The van der Waals surface area contributed by atoms with Crippen LogP contribution in [-0.2, 0) is 14.3 Å². The molecule has 0 aliphatic carbocycles. The Morgan fingerprint density at radius 1 is 0.517 bits per heavy atom. The quantitative estimate of drug-likeness (QED) is 0.0295. The molecule has 60 heavy (non-hydrogen) atoms. The lowest BCUT2D eigenvalue weighted by Crippen LogP contribution is -2.59. The highest BCUT2D eigenvalue weighted by Gasteiger charge is 2.43. The highest BCUT2D eigenvalue weighted by Crippen LogP contribution is 2.26. The predicted molar refractivity (Wildman–Crippen MR) is 246 cm³/mol. The number of rotatable bonds is 44. The Hall–Kier alpha value is -0.850. The van der Waals surface area contributed by atoms with Crippen LogP contribution in [0.4, 0.5) is 0 Å². The number of nitrogens with one attached hydrogen (secondary N) is 1. The lowest BCUT2D eigenvalue weighted by Gasteiger charge is -2.40.